The van der Waals surface area contributed by atoms with Gasteiger partial charge in [-0.25, -0.2) is 9.78 Å². The van der Waals surface area contributed by atoms with Gasteiger partial charge >= 0.3 is 6.03 Å². The number of aromatic nitrogens is 2. The number of nitrogens with one attached hydrogen (secondary N) is 2. The summed E-state index contributed by atoms with van der Waals surface area (Å²) in [6.07, 6.45) is 0.833. The number of carbonyl (C=O) groups excluding carboxylic acids is 2. The van der Waals surface area contributed by atoms with Crippen LogP contribution in [-0.4, -0.2) is 33.8 Å². The first-order valence-corrected chi connectivity index (χ1v) is 11.5. The second-order valence-electron chi connectivity index (χ2n) is 8.12. The van der Waals surface area contributed by atoms with E-state index in [0.717, 1.165) is 35.0 Å². The first-order valence-electron chi connectivity index (χ1n) is 10.6. The summed E-state index contributed by atoms with van der Waals surface area (Å²) in [6, 6.07) is 12.5. The predicted octanol–water partition coefficient (Wildman–Crippen LogP) is 3.97. The zero-order valence-corrected chi connectivity index (χ0v) is 19.6. The van der Waals surface area contributed by atoms with Gasteiger partial charge < -0.3 is 5.32 Å². The van der Waals surface area contributed by atoms with Crippen LogP contribution in [0, 0.1) is 19.8 Å². The van der Waals surface area contributed by atoms with Gasteiger partial charge in [-0.05, 0) is 55.5 Å². The zero-order chi connectivity index (χ0) is 23.3. The van der Waals surface area contributed by atoms with Crippen molar-refractivity contribution >= 4 is 34.6 Å². The van der Waals surface area contributed by atoms with Crippen LogP contribution in [0.5, 0.6) is 0 Å². The molecule has 0 spiro atoms. The summed E-state index contributed by atoms with van der Waals surface area (Å²) >= 11 is 1.12. The number of hydrogen-bond donors (Lipinski definition) is 2. The van der Waals surface area contributed by atoms with Gasteiger partial charge in [-0.2, -0.15) is 0 Å². The van der Waals surface area contributed by atoms with Crippen molar-refractivity contribution in [2.75, 3.05) is 12.3 Å². The van der Waals surface area contributed by atoms with Crippen LogP contribution in [0.15, 0.2) is 52.4 Å². The number of urea groups is 1. The third-order valence-electron chi connectivity index (χ3n) is 4.94. The van der Waals surface area contributed by atoms with E-state index in [1.165, 1.54) is 0 Å². The van der Waals surface area contributed by atoms with E-state index in [1.807, 2.05) is 38.1 Å². The fourth-order valence-electron chi connectivity index (χ4n) is 3.19. The second kappa shape index (κ2) is 10.5. The molecule has 0 atom stereocenters. The Labute approximate surface area is 191 Å². The van der Waals surface area contributed by atoms with Crippen LogP contribution in [0.2, 0.25) is 0 Å². The number of fused-ring (bicyclic) bond motifs is 1. The van der Waals surface area contributed by atoms with E-state index >= 15 is 0 Å². The maximum absolute atomic E-state index is 13.4. The summed E-state index contributed by atoms with van der Waals surface area (Å²) in [6.45, 7) is 8.52. The molecule has 0 unspecified atom stereocenters. The van der Waals surface area contributed by atoms with Gasteiger partial charge in [0.1, 0.15) is 0 Å². The van der Waals surface area contributed by atoms with Gasteiger partial charge in [-0.15, -0.1) is 0 Å². The highest BCUT2D eigenvalue weighted by atomic mass is 32.2. The molecule has 0 aliphatic rings. The molecule has 3 rings (SSSR count). The zero-order valence-electron chi connectivity index (χ0n) is 18.8. The number of imide groups is 1. The number of para-hydroxylation sites is 1. The summed E-state index contributed by atoms with van der Waals surface area (Å²) in [5.41, 5.74) is 3.03. The van der Waals surface area contributed by atoms with E-state index in [2.05, 4.69) is 29.5 Å². The third kappa shape index (κ3) is 5.76. The molecule has 0 radical (unpaired) electrons. The van der Waals surface area contributed by atoms with Crippen molar-refractivity contribution in [1.82, 2.24) is 20.2 Å². The molecule has 1 aromatic heterocycles. The maximum atomic E-state index is 13.4. The fourth-order valence-corrected chi connectivity index (χ4v) is 4.00. The molecule has 2 aromatic carbocycles. The van der Waals surface area contributed by atoms with Crippen LogP contribution >= 0.6 is 11.8 Å². The fraction of sp³-hybridized carbons (Fsp3) is 0.333. The van der Waals surface area contributed by atoms with Crippen LogP contribution in [0.3, 0.4) is 0 Å². The van der Waals surface area contributed by atoms with Crippen LogP contribution < -0.4 is 16.2 Å². The molecule has 0 saturated carbocycles. The Morgan fingerprint density at radius 1 is 1.12 bits per heavy atom. The molecule has 8 heteroatoms. The summed E-state index contributed by atoms with van der Waals surface area (Å²) < 4.78 is 1.55. The van der Waals surface area contributed by atoms with E-state index < -0.39 is 11.9 Å². The van der Waals surface area contributed by atoms with Gasteiger partial charge in [0.2, 0.25) is 5.91 Å². The van der Waals surface area contributed by atoms with E-state index in [0.29, 0.717) is 28.5 Å². The van der Waals surface area contributed by atoms with Crippen molar-refractivity contribution in [1.29, 1.82) is 0 Å². The standard InChI is InChI=1S/C24H28N4O3S/c1-15(2)11-12-25-23(31)27-21(29)14-32-24-26-19-8-6-5-7-18(19)22(30)28(24)20-13-16(3)9-10-17(20)4/h5-10,13,15H,11-12,14H2,1-4H3,(H2,25,27,29,31). The molecule has 168 valence electrons. The van der Waals surface area contributed by atoms with Crippen LogP contribution in [0.25, 0.3) is 16.6 Å². The molecule has 3 amide bonds. The minimum Gasteiger partial charge on any atom is -0.338 e. The number of hydrogen-bond acceptors (Lipinski definition) is 5. The average molecular weight is 453 g/mol. The Bertz CT molecular complexity index is 1200. The molecule has 2 N–H and O–H groups in total. The second-order valence-corrected chi connectivity index (χ2v) is 9.06. The third-order valence-corrected chi connectivity index (χ3v) is 5.88. The molecule has 0 saturated heterocycles. The van der Waals surface area contributed by atoms with E-state index in [9.17, 15) is 14.4 Å². The predicted molar refractivity (Wildman–Crippen MR) is 129 cm³/mol. The molecule has 1 heterocycles. The van der Waals surface area contributed by atoms with Crippen molar-refractivity contribution in [2.24, 2.45) is 5.92 Å². The van der Waals surface area contributed by atoms with Crippen LogP contribution in [0.1, 0.15) is 31.4 Å². The van der Waals surface area contributed by atoms with Crippen LogP contribution in [-0.2, 0) is 4.79 Å². The van der Waals surface area contributed by atoms with Gasteiger partial charge in [0, 0.05) is 6.54 Å². The minimum atomic E-state index is -0.519. The van der Waals surface area contributed by atoms with E-state index in [1.54, 1.807) is 22.8 Å². The number of thioether (sulfide) groups is 1. The molecule has 0 aliphatic carbocycles. The quantitative estimate of drug-likeness (QED) is 0.418. The van der Waals surface area contributed by atoms with Gasteiger partial charge in [0.25, 0.3) is 5.56 Å². The Morgan fingerprint density at radius 2 is 1.88 bits per heavy atom. The lowest BCUT2D eigenvalue weighted by atomic mass is 10.1. The molecular formula is C24H28N4O3S. The summed E-state index contributed by atoms with van der Waals surface area (Å²) in [7, 11) is 0. The lowest BCUT2D eigenvalue weighted by molar-refractivity contribution is -0.117. The molecule has 32 heavy (non-hydrogen) atoms. The number of nitrogens with zero attached hydrogens (tertiary/aromatic N) is 2. The molecule has 7 nitrogen and oxygen atoms in total. The van der Waals surface area contributed by atoms with E-state index in [4.69, 9.17) is 0 Å². The highest BCUT2D eigenvalue weighted by molar-refractivity contribution is 7.99. The highest BCUT2D eigenvalue weighted by Crippen LogP contribution is 2.23. The number of carbonyl (C=O) groups is 2. The number of amides is 3. The number of rotatable bonds is 7. The lowest BCUT2D eigenvalue weighted by Crippen LogP contribution is -2.41. The van der Waals surface area contributed by atoms with Crippen molar-refractivity contribution in [3.05, 3.63) is 63.9 Å². The maximum Gasteiger partial charge on any atom is 0.321 e. The lowest BCUT2D eigenvalue weighted by Gasteiger charge is -2.15. The topological polar surface area (TPSA) is 93.1 Å². The SMILES string of the molecule is Cc1ccc(C)c(-n2c(SCC(=O)NC(=O)NCCC(C)C)nc3ccccc3c2=O)c1. The molecule has 0 fully saturated rings. The van der Waals surface area contributed by atoms with Gasteiger partial charge in [0.15, 0.2) is 5.16 Å². The first-order chi connectivity index (χ1) is 15.3. The molecule has 3 aromatic rings. The first kappa shape index (κ1) is 23.5. The largest absolute Gasteiger partial charge is 0.338 e. The summed E-state index contributed by atoms with van der Waals surface area (Å²) in [5.74, 6) is -0.0397. The highest BCUT2D eigenvalue weighted by Gasteiger charge is 2.17. The molecule has 0 bridgehead atoms. The smallest absolute Gasteiger partial charge is 0.321 e. The van der Waals surface area contributed by atoms with Crippen molar-refractivity contribution in [2.45, 2.75) is 39.3 Å². The van der Waals surface area contributed by atoms with Gasteiger partial charge in [-0.3, -0.25) is 19.5 Å². The summed E-state index contributed by atoms with van der Waals surface area (Å²) in [4.78, 5) is 42.3. The number of benzene rings is 2. The van der Waals surface area contributed by atoms with Crippen molar-refractivity contribution in [3.8, 4) is 5.69 Å². The Kier molecular flexibility index (Phi) is 7.69. The normalized spacial score (nSPS) is 11.0. The minimum absolute atomic E-state index is 0.0484. The Hall–Kier alpha value is -3.13. The van der Waals surface area contributed by atoms with Crippen molar-refractivity contribution < 1.29 is 9.59 Å². The summed E-state index contributed by atoms with van der Waals surface area (Å²) in [5, 5.41) is 5.91. The number of aryl methyl sites for hydroxylation is 2. The van der Waals surface area contributed by atoms with Crippen molar-refractivity contribution in [3.63, 3.8) is 0 Å². The van der Waals surface area contributed by atoms with Gasteiger partial charge in [0.05, 0.1) is 22.3 Å². The molecule has 0 aliphatic heterocycles. The Balaban J connectivity index is 1.86. The monoisotopic (exact) mass is 452 g/mol. The van der Waals surface area contributed by atoms with Gasteiger partial charge in [-0.1, -0.05) is 49.9 Å². The Morgan fingerprint density at radius 3 is 2.62 bits per heavy atom. The van der Waals surface area contributed by atoms with E-state index in [-0.39, 0.29) is 11.3 Å². The molecular weight excluding hydrogens is 424 g/mol. The van der Waals surface area contributed by atoms with Crippen LogP contribution in [0.4, 0.5) is 4.79 Å². The average Bonchev–Trinajstić information content (AvgIpc) is 2.74.